The van der Waals surface area contributed by atoms with Crippen molar-refractivity contribution in [3.63, 3.8) is 0 Å². The van der Waals surface area contributed by atoms with Crippen molar-refractivity contribution in [3.05, 3.63) is 22.2 Å². The molecule has 116 valence electrons. The van der Waals surface area contributed by atoms with Crippen LogP contribution in [0.5, 0.6) is 11.5 Å². The number of rotatable bonds is 7. The predicted octanol–water partition coefficient (Wildman–Crippen LogP) is 4.19. The molecule has 1 aliphatic rings. The summed E-state index contributed by atoms with van der Waals surface area (Å²) < 4.78 is 12.3. The van der Waals surface area contributed by atoms with Gasteiger partial charge in [-0.15, -0.1) is 0 Å². The Morgan fingerprint density at radius 3 is 2.71 bits per heavy atom. The van der Waals surface area contributed by atoms with Crippen molar-refractivity contribution < 1.29 is 19.4 Å². The average Bonchev–Trinajstić information content (AvgIpc) is 2.91. The van der Waals surface area contributed by atoms with Gasteiger partial charge in [-0.2, -0.15) is 0 Å². The Morgan fingerprint density at radius 1 is 1.38 bits per heavy atom. The van der Waals surface area contributed by atoms with E-state index in [-0.39, 0.29) is 12.5 Å². The van der Waals surface area contributed by atoms with E-state index in [1.165, 1.54) is 12.8 Å². The van der Waals surface area contributed by atoms with Crippen LogP contribution >= 0.6 is 15.9 Å². The van der Waals surface area contributed by atoms with E-state index < -0.39 is 5.97 Å². The van der Waals surface area contributed by atoms with Gasteiger partial charge in [0.2, 0.25) is 0 Å². The lowest BCUT2D eigenvalue weighted by Crippen LogP contribution is -2.12. The summed E-state index contributed by atoms with van der Waals surface area (Å²) in [6.07, 6.45) is 6.39. The second-order valence-corrected chi connectivity index (χ2v) is 6.23. The van der Waals surface area contributed by atoms with E-state index >= 15 is 0 Å². The summed E-state index contributed by atoms with van der Waals surface area (Å²) >= 11 is 3.51. The third-order valence-electron chi connectivity index (χ3n) is 3.73. The van der Waals surface area contributed by atoms with Crippen molar-refractivity contribution in [1.82, 2.24) is 0 Å². The van der Waals surface area contributed by atoms with E-state index in [2.05, 4.69) is 15.9 Å². The lowest BCUT2D eigenvalue weighted by Gasteiger charge is -2.18. The molecule has 1 N–H and O–H groups in total. The van der Waals surface area contributed by atoms with Gasteiger partial charge in [0.1, 0.15) is 0 Å². The first-order valence-corrected chi connectivity index (χ1v) is 8.14. The zero-order valence-electron chi connectivity index (χ0n) is 12.2. The van der Waals surface area contributed by atoms with Crippen molar-refractivity contribution in [1.29, 1.82) is 0 Å². The van der Waals surface area contributed by atoms with Crippen molar-refractivity contribution in [2.45, 2.75) is 51.0 Å². The summed E-state index contributed by atoms with van der Waals surface area (Å²) in [5.41, 5.74) is 1.07. The van der Waals surface area contributed by atoms with Crippen LogP contribution in [0.4, 0.5) is 0 Å². The minimum Gasteiger partial charge on any atom is -0.492 e. The molecular formula is C16H21BrO4. The van der Waals surface area contributed by atoms with Gasteiger partial charge in [0, 0.05) is 6.42 Å². The molecule has 1 aromatic carbocycles. The van der Waals surface area contributed by atoms with Gasteiger partial charge >= 0.3 is 5.97 Å². The Hall–Kier alpha value is -1.23. The van der Waals surface area contributed by atoms with Gasteiger partial charge in [0.05, 0.1) is 17.7 Å². The molecule has 5 heteroatoms. The molecule has 0 heterocycles. The molecule has 0 atom stereocenters. The van der Waals surface area contributed by atoms with E-state index in [1.54, 1.807) is 7.11 Å². The van der Waals surface area contributed by atoms with Crippen LogP contribution in [0.25, 0.3) is 0 Å². The molecule has 21 heavy (non-hydrogen) atoms. The maximum Gasteiger partial charge on any atom is 0.303 e. The minimum absolute atomic E-state index is 0.183. The summed E-state index contributed by atoms with van der Waals surface area (Å²) in [5.74, 6) is 0.706. The molecule has 2 rings (SSSR count). The first-order valence-electron chi connectivity index (χ1n) is 7.35. The number of carboxylic acid groups (broad SMARTS) is 1. The van der Waals surface area contributed by atoms with Crippen LogP contribution in [-0.4, -0.2) is 24.3 Å². The van der Waals surface area contributed by atoms with E-state index in [9.17, 15) is 4.79 Å². The maximum atomic E-state index is 10.6. The highest BCUT2D eigenvalue weighted by molar-refractivity contribution is 9.10. The number of aryl methyl sites for hydroxylation is 1. The molecule has 0 amide bonds. The molecule has 4 nitrogen and oxygen atoms in total. The van der Waals surface area contributed by atoms with Gasteiger partial charge in [0.15, 0.2) is 11.5 Å². The Morgan fingerprint density at radius 2 is 2.10 bits per heavy atom. The van der Waals surface area contributed by atoms with Gasteiger partial charge in [-0.1, -0.05) is 0 Å². The number of hydrogen-bond donors (Lipinski definition) is 1. The molecule has 0 aliphatic heterocycles. The molecule has 0 saturated heterocycles. The highest BCUT2D eigenvalue weighted by Crippen LogP contribution is 2.39. The maximum absolute atomic E-state index is 10.6. The number of ether oxygens (including phenoxy) is 2. The molecule has 0 spiro atoms. The molecule has 0 unspecified atom stereocenters. The summed E-state index contributed by atoms with van der Waals surface area (Å²) in [5, 5.41) is 8.72. The molecular weight excluding hydrogens is 336 g/mol. The molecule has 1 fully saturated rings. The Balaban J connectivity index is 2.11. The van der Waals surface area contributed by atoms with Gasteiger partial charge in [-0.25, -0.2) is 0 Å². The Labute approximate surface area is 133 Å². The van der Waals surface area contributed by atoms with Crippen molar-refractivity contribution in [2.75, 3.05) is 7.11 Å². The van der Waals surface area contributed by atoms with E-state index in [0.717, 1.165) is 35.0 Å². The number of hydrogen-bond acceptors (Lipinski definition) is 3. The zero-order valence-corrected chi connectivity index (χ0v) is 13.8. The SMILES string of the molecule is COc1c(Br)cc(CCCC(=O)O)cc1OC1CCCC1. The monoisotopic (exact) mass is 356 g/mol. The van der Waals surface area contributed by atoms with Crippen LogP contribution in [0.2, 0.25) is 0 Å². The first kappa shape index (κ1) is 16.1. The first-order chi connectivity index (χ1) is 10.1. The number of aliphatic carboxylic acids is 1. The van der Waals surface area contributed by atoms with Gasteiger partial charge in [0.25, 0.3) is 0 Å². The van der Waals surface area contributed by atoms with Crippen LogP contribution in [0.1, 0.15) is 44.1 Å². The summed E-state index contributed by atoms with van der Waals surface area (Å²) in [6.45, 7) is 0. The lowest BCUT2D eigenvalue weighted by atomic mass is 10.1. The standard InChI is InChI=1S/C16H21BrO4/c1-20-16-13(17)9-11(5-4-8-15(18)19)10-14(16)21-12-6-2-3-7-12/h9-10,12H,2-8H2,1H3,(H,18,19). The molecule has 0 bridgehead atoms. The summed E-state index contributed by atoms with van der Waals surface area (Å²) in [4.78, 5) is 10.6. The van der Waals surface area contributed by atoms with Crippen LogP contribution in [-0.2, 0) is 11.2 Å². The van der Waals surface area contributed by atoms with Gasteiger partial charge in [-0.05, 0) is 72.2 Å². The van der Waals surface area contributed by atoms with Crippen LogP contribution in [0.3, 0.4) is 0 Å². The second-order valence-electron chi connectivity index (χ2n) is 5.38. The third-order valence-corrected chi connectivity index (χ3v) is 4.31. The largest absolute Gasteiger partial charge is 0.492 e. The average molecular weight is 357 g/mol. The topological polar surface area (TPSA) is 55.8 Å². The molecule has 1 aromatic rings. The minimum atomic E-state index is -0.759. The quantitative estimate of drug-likeness (QED) is 0.795. The number of benzene rings is 1. The van der Waals surface area contributed by atoms with Crippen LogP contribution in [0, 0.1) is 0 Å². The fourth-order valence-electron chi connectivity index (χ4n) is 2.68. The number of halogens is 1. The smallest absolute Gasteiger partial charge is 0.303 e. The fourth-order valence-corrected chi connectivity index (χ4v) is 3.33. The molecule has 1 aliphatic carbocycles. The van der Waals surface area contributed by atoms with Crippen molar-refractivity contribution in [2.24, 2.45) is 0 Å². The summed E-state index contributed by atoms with van der Waals surface area (Å²) in [7, 11) is 1.63. The van der Waals surface area contributed by atoms with Crippen molar-refractivity contribution in [3.8, 4) is 11.5 Å². The molecule has 0 aromatic heterocycles. The van der Waals surface area contributed by atoms with E-state index in [0.29, 0.717) is 12.2 Å². The molecule has 0 radical (unpaired) electrons. The summed E-state index contributed by atoms with van der Waals surface area (Å²) in [6, 6.07) is 3.95. The van der Waals surface area contributed by atoms with Gasteiger partial charge < -0.3 is 14.6 Å². The van der Waals surface area contributed by atoms with Crippen LogP contribution in [0.15, 0.2) is 16.6 Å². The molecule has 1 saturated carbocycles. The highest BCUT2D eigenvalue weighted by Gasteiger charge is 2.20. The van der Waals surface area contributed by atoms with Crippen molar-refractivity contribution >= 4 is 21.9 Å². The number of carbonyl (C=O) groups is 1. The fraction of sp³-hybridized carbons (Fsp3) is 0.562. The lowest BCUT2D eigenvalue weighted by molar-refractivity contribution is -0.137. The normalized spacial score (nSPS) is 15.1. The third kappa shape index (κ3) is 4.63. The number of methoxy groups -OCH3 is 1. The zero-order chi connectivity index (χ0) is 15.2. The van der Waals surface area contributed by atoms with Gasteiger partial charge in [-0.3, -0.25) is 4.79 Å². The van der Waals surface area contributed by atoms with E-state index in [1.807, 2.05) is 12.1 Å². The number of carboxylic acids is 1. The highest BCUT2D eigenvalue weighted by atomic mass is 79.9. The Bertz CT molecular complexity index is 495. The van der Waals surface area contributed by atoms with Crippen LogP contribution < -0.4 is 9.47 Å². The second kappa shape index (κ2) is 7.69. The Kier molecular flexibility index (Phi) is 5.91. The van der Waals surface area contributed by atoms with E-state index in [4.69, 9.17) is 14.6 Å². The predicted molar refractivity (Wildman–Crippen MR) is 84.2 cm³/mol.